The molecule has 0 atom stereocenters. The summed E-state index contributed by atoms with van der Waals surface area (Å²) in [6.45, 7) is 10.9. The smallest absolute Gasteiger partial charge is 0.224 e. The maximum absolute atomic E-state index is 6.64. The Balaban J connectivity index is 1.52. The number of aryl methyl sites for hydroxylation is 1. The molecule has 7 nitrogen and oxygen atoms in total. The van der Waals surface area contributed by atoms with Crippen molar-refractivity contribution in [1.82, 2.24) is 30.2 Å². The van der Waals surface area contributed by atoms with Crippen LogP contribution in [0.5, 0.6) is 0 Å². The van der Waals surface area contributed by atoms with Crippen molar-refractivity contribution >= 4 is 33.2 Å². The lowest BCUT2D eigenvalue weighted by molar-refractivity contribution is 0.669. The van der Waals surface area contributed by atoms with Crippen molar-refractivity contribution in [2.45, 2.75) is 46.5 Å². The Bertz CT molecular complexity index is 2040. The van der Waals surface area contributed by atoms with E-state index in [1.54, 1.807) is 0 Å². The third-order valence-corrected chi connectivity index (χ3v) is 7.85. The van der Waals surface area contributed by atoms with Crippen LogP contribution in [0.4, 0.5) is 0 Å². The van der Waals surface area contributed by atoms with Gasteiger partial charge >= 0.3 is 0 Å². The van der Waals surface area contributed by atoms with Crippen molar-refractivity contribution in [3.63, 3.8) is 0 Å². The fourth-order valence-corrected chi connectivity index (χ4v) is 5.74. The maximum Gasteiger partial charge on any atom is 0.224 e. The second-order valence-electron chi connectivity index (χ2n) is 11.3. The van der Waals surface area contributed by atoms with E-state index in [-0.39, 0.29) is 11.8 Å². The molecular weight excluding hydrogens is 508 g/mol. The van der Waals surface area contributed by atoms with Gasteiger partial charge in [0.2, 0.25) is 11.3 Å². The lowest BCUT2D eigenvalue weighted by Gasteiger charge is -2.21. The molecule has 0 radical (unpaired) electrons. The summed E-state index contributed by atoms with van der Waals surface area (Å²) in [5.41, 5.74) is 10.5. The minimum Gasteiger partial charge on any atom is -0.455 e. The molecule has 7 rings (SSSR count). The van der Waals surface area contributed by atoms with Crippen LogP contribution in [-0.2, 0) is 0 Å². The molecule has 7 heteroatoms. The molecule has 0 bridgehead atoms. The highest BCUT2D eigenvalue weighted by molar-refractivity contribution is 6.10. The Kier molecular flexibility index (Phi) is 5.89. The van der Waals surface area contributed by atoms with E-state index in [9.17, 15) is 0 Å². The molecular formula is C34H30N6O. The summed E-state index contributed by atoms with van der Waals surface area (Å²) in [5, 5.41) is 18.5. The highest BCUT2D eigenvalue weighted by Crippen LogP contribution is 2.40. The van der Waals surface area contributed by atoms with Gasteiger partial charge in [0.15, 0.2) is 5.82 Å². The fraction of sp³-hybridized carbons (Fsp3) is 0.206. The quantitative estimate of drug-likeness (QED) is 0.219. The molecule has 0 saturated heterocycles. The van der Waals surface area contributed by atoms with E-state index in [0.717, 1.165) is 44.3 Å². The number of para-hydroxylation sites is 2. The van der Waals surface area contributed by atoms with Gasteiger partial charge in [-0.15, -0.1) is 10.2 Å². The Morgan fingerprint density at radius 2 is 1.39 bits per heavy atom. The van der Waals surface area contributed by atoms with Gasteiger partial charge in [0.1, 0.15) is 11.2 Å². The van der Waals surface area contributed by atoms with Crippen LogP contribution in [0.3, 0.4) is 0 Å². The summed E-state index contributed by atoms with van der Waals surface area (Å²) in [7, 11) is 0. The molecule has 0 spiro atoms. The molecule has 3 aromatic heterocycles. The van der Waals surface area contributed by atoms with Gasteiger partial charge in [-0.1, -0.05) is 93.9 Å². The molecule has 41 heavy (non-hydrogen) atoms. The largest absolute Gasteiger partial charge is 0.455 e. The van der Waals surface area contributed by atoms with E-state index in [1.165, 1.54) is 16.7 Å². The standard InChI is InChI=1S/C34H30N6O/c1-19(2)24-8-6-9-25(20(3)4)30(24)40-33(35-32-34(40)37-39-38-36-32)28-11-7-10-27-26-17-16-23(18-29(26)41-31(27)28)22-14-12-21(5)13-15-22/h6-20H,1-5H3. The lowest BCUT2D eigenvalue weighted by atomic mass is 9.92. The second kappa shape index (κ2) is 9.63. The molecule has 202 valence electrons. The van der Waals surface area contributed by atoms with Crippen LogP contribution in [0.2, 0.25) is 0 Å². The number of rotatable bonds is 5. The molecule has 0 saturated carbocycles. The van der Waals surface area contributed by atoms with E-state index in [4.69, 9.17) is 9.40 Å². The van der Waals surface area contributed by atoms with Gasteiger partial charge in [-0.25, -0.2) is 4.98 Å². The first kappa shape index (κ1) is 25.1. The summed E-state index contributed by atoms with van der Waals surface area (Å²) in [6, 6.07) is 27.7. The number of hydrogen-bond acceptors (Lipinski definition) is 6. The van der Waals surface area contributed by atoms with Gasteiger partial charge in [-0.05, 0) is 69.6 Å². The first-order valence-corrected chi connectivity index (χ1v) is 14.0. The third kappa shape index (κ3) is 4.08. The fourth-order valence-electron chi connectivity index (χ4n) is 5.74. The maximum atomic E-state index is 6.64. The van der Waals surface area contributed by atoms with E-state index in [1.807, 2.05) is 0 Å². The van der Waals surface area contributed by atoms with Crippen molar-refractivity contribution in [2.75, 3.05) is 0 Å². The van der Waals surface area contributed by atoms with Crippen molar-refractivity contribution < 1.29 is 4.42 Å². The summed E-state index contributed by atoms with van der Waals surface area (Å²) in [4.78, 5) is 4.98. The van der Waals surface area contributed by atoms with Crippen molar-refractivity contribution in [3.05, 3.63) is 95.6 Å². The average molecular weight is 539 g/mol. The molecule has 0 aliphatic rings. The van der Waals surface area contributed by atoms with Crippen LogP contribution >= 0.6 is 0 Å². The number of aromatic nitrogens is 6. The molecule has 3 heterocycles. The summed E-state index contributed by atoms with van der Waals surface area (Å²) >= 11 is 0. The van der Waals surface area contributed by atoms with E-state index >= 15 is 0 Å². The molecule has 0 amide bonds. The zero-order valence-corrected chi connectivity index (χ0v) is 23.8. The Hall–Kier alpha value is -4.91. The lowest BCUT2D eigenvalue weighted by Crippen LogP contribution is -2.09. The van der Waals surface area contributed by atoms with Gasteiger partial charge in [0.25, 0.3) is 0 Å². The number of imidazole rings is 1. The predicted octanol–water partition coefficient (Wildman–Crippen LogP) is 8.39. The van der Waals surface area contributed by atoms with Crippen LogP contribution < -0.4 is 0 Å². The van der Waals surface area contributed by atoms with Gasteiger partial charge in [-0.3, -0.25) is 4.57 Å². The molecule has 0 aliphatic carbocycles. The molecule has 7 aromatic rings. The first-order valence-electron chi connectivity index (χ1n) is 14.0. The average Bonchev–Trinajstić information content (AvgIpc) is 3.55. The highest BCUT2D eigenvalue weighted by atomic mass is 16.3. The minimum absolute atomic E-state index is 0.277. The number of nitrogens with zero attached hydrogens (tertiary/aromatic N) is 6. The van der Waals surface area contributed by atoms with Gasteiger partial charge in [0.05, 0.1) is 11.3 Å². The van der Waals surface area contributed by atoms with Crippen molar-refractivity contribution in [2.24, 2.45) is 0 Å². The van der Waals surface area contributed by atoms with Crippen LogP contribution in [0.25, 0.3) is 61.4 Å². The van der Waals surface area contributed by atoms with Gasteiger partial charge in [-0.2, -0.15) is 0 Å². The molecule has 0 N–H and O–H groups in total. The number of benzene rings is 4. The number of fused-ring (bicyclic) bond motifs is 4. The van der Waals surface area contributed by atoms with Gasteiger partial charge < -0.3 is 4.42 Å². The number of hydrogen-bond donors (Lipinski definition) is 0. The normalized spacial score (nSPS) is 12.0. The molecule has 4 aromatic carbocycles. The SMILES string of the molecule is Cc1ccc(-c2ccc3c(c2)oc2c(-c4nc5nnnnc5n4-c4c(C(C)C)cccc4C(C)C)cccc23)cc1. The summed E-state index contributed by atoms with van der Waals surface area (Å²) < 4.78 is 8.74. The Morgan fingerprint density at radius 3 is 2.12 bits per heavy atom. The van der Waals surface area contributed by atoms with E-state index in [2.05, 4.69) is 139 Å². The molecule has 0 aliphatic heterocycles. The monoisotopic (exact) mass is 538 g/mol. The number of furan rings is 1. The molecule has 0 unspecified atom stereocenters. The van der Waals surface area contributed by atoms with Crippen LogP contribution in [-0.4, -0.2) is 30.2 Å². The Labute approximate surface area is 237 Å². The highest BCUT2D eigenvalue weighted by Gasteiger charge is 2.26. The van der Waals surface area contributed by atoms with Crippen LogP contribution in [0.15, 0.2) is 83.3 Å². The van der Waals surface area contributed by atoms with Crippen molar-refractivity contribution in [3.8, 4) is 28.2 Å². The van der Waals surface area contributed by atoms with Crippen molar-refractivity contribution in [1.29, 1.82) is 0 Å². The zero-order chi connectivity index (χ0) is 28.2. The van der Waals surface area contributed by atoms with Crippen LogP contribution in [0, 0.1) is 6.92 Å². The second-order valence-corrected chi connectivity index (χ2v) is 11.3. The third-order valence-electron chi connectivity index (χ3n) is 7.85. The Morgan fingerprint density at radius 1 is 0.707 bits per heavy atom. The predicted molar refractivity (Wildman–Crippen MR) is 163 cm³/mol. The van der Waals surface area contributed by atoms with Crippen LogP contribution in [0.1, 0.15) is 56.2 Å². The topological polar surface area (TPSA) is 82.5 Å². The van der Waals surface area contributed by atoms with E-state index < -0.39 is 0 Å². The van der Waals surface area contributed by atoms with E-state index in [0.29, 0.717) is 17.1 Å². The van der Waals surface area contributed by atoms with Gasteiger partial charge in [0, 0.05) is 10.8 Å². The zero-order valence-electron chi connectivity index (χ0n) is 23.8. The first-order chi connectivity index (χ1) is 19.9. The summed E-state index contributed by atoms with van der Waals surface area (Å²) in [5.74, 6) is 1.26. The minimum atomic E-state index is 0.277. The summed E-state index contributed by atoms with van der Waals surface area (Å²) in [6.07, 6.45) is 0. The molecule has 0 fully saturated rings.